The molecule has 0 unspecified atom stereocenters. The number of aromatic nitrogens is 2. The molecule has 1 N–H and O–H groups in total. The molecule has 0 atom stereocenters. The Morgan fingerprint density at radius 1 is 1.12 bits per heavy atom. The van der Waals surface area contributed by atoms with Crippen molar-refractivity contribution in [2.45, 2.75) is 46.1 Å². The lowest BCUT2D eigenvalue weighted by atomic mass is 10.1. The molecule has 1 aromatic carbocycles. The first-order valence-corrected chi connectivity index (χ1v) is 9.20. The van der Waals surface area contributed by atoms with Crippen molar-refractivity contribution in [1.82, 2.24) is 9.97 Å². The van der Waals surface area contributed by atoms with E-state index in [0.717, 1.165) is 37.4 Å². The molecule has 1 aromatic heterocycles. The van der Waals surface area contributed by atoms with Crippen molar-refractivity contribution >= 4 is 17.5 Å². The summed E-state index contributed by atoms with van der Waals surface area (Å²) >= 11 is 0. The van der Waals surface area contributed by atoms with Gasteiger partial charge in [0.15, 0.2) is 0 Å². The minimum Gasteiger partial charge on any atom is -0.491 e. The first-order valence-electron chi connectivity index (χ1n) is 9.20. The molecular formula is C20H26N4O2. The Balaban J connectivity index is 1.72. The van der Waals surface area contributed by atoms with Gasteiger partial charge in [-0.1, -0.05) is 0 Å². The van der Waals surface area contributed by atoms with Gasteiger partial charge in [-0.25, -0.2) is 9.97 Å². The van der Waals surface area contributed by atoms with Gasteiger partial charge < -0.3 is 15.0 Å². The minimum absolute atomic E-state index is 0.118. The number of hydrogen-bond donors (Lipinski definition) is 1. The number of carbonyl (C=O) groups is 1. The molecule has 6 heteroatoms. The van der Waals surface area contributed by atoms with Crippen molar-refractivity contribution in [3.63, 3.8) is 0 Å². The molecule has 0 bridgehead atoms. The van der Waals surface area contributed by atoms with Gasteiger partial charge in [-0.15, -0.1) is 0 Å². The largest absolute Gasteiger partial charge is 0.491 e. The van der Waals surface area contributed by atoms with Crippen molar-refractivity contribution < 1.29 is 9.53 Å². The van der Waals surface area contributed by atoms with Gasteiger partial charge in [-0.2, -0.15) is 0 Å². The Labute approximate surface area is 154 Å². The molecule has 1 aliphatic rings. The van der Waals surface area contributed by atoms with Crippen LogP contribution in [0.5, 0.6) is 5.75 Å². The summed E-state index contributed by atoms with van der Waals surface area (Å²) in [4.78, 5) is 23.8. The van der Waals surface area contributed by atoms with Crippen molar-refractivity contribution in [2.24, 2.45) is 0 Å². The van der Waals surface area contributed by atoms with E-state index < -0.39 is 0 Å². The van der Waals surface area contributed by atoms with E-state index in [1.807, 2.05) is 45.0 Å². The van der Waals surface area contributed by atoms with E-state index in [4.69, 9.17) is 4.74 Å². The van der Waals surface area contributed by atoms with Crippen LogP contribution in [-0.2, 0) is 0 Å². The van der Waals surface area contributed by atoms with Gasteiger partial charge in [0.1, 0.15) is 11.4 Å². The van der Waals surface area contributed by atoms with Gasteiger partial charge >= 0.3 is 0 Å². The van der Waals surface area contributed by atoms with Gasteiger partial charge in [0, 0.05) is 24.5 Å². The lowest BCUT2D eigenvalue weighted by Gasteiger charge is -2.27. The predicted molar refractivity (Wildman–Crippen MR) is 103 cm³/mol. The van der Waals surface area contributed by atoms with Crippen LogP contribution in [0.1, 0.15) is 49.3 Å². The molecule has 2 aromatic rings. The minimum atomic E-state index is -0.230. The Hall–Kier alpha value is -2.63. The summed E-state index contributed by atoms with van der Waals surface area (Å²) in [5, 5.41) is 2.89. The number of piperidine rings is 1. The molecule has 1 fully saturated rings. The Morgan fingerprint density at radius 2 is 1.81 bits per heavy atom. The summed E-state index contributed by atoms with van der Waals surface area (Å²) in [6, 6.07) is 9.07. The molecule has 1 saturated heterocycles. The number of ether oxygens (including phenoxy) is 1. The Kier molecular flexibility index (Phi) is 5.71. The van der Waals surface area contributed by atoms with Gasteiger partial charge in [0.2, 0.25) is 5.95 Å². The highest BCUT2D eigenvalue weighted by Gasteiger charge is 2.17. The summed E-state index contributed by atoms with van der Waals surface area (Å²) in [5.41, 5.74) is 1.90. The Morgan fingerprint density at radius 3 is 2.46 bits per heavy atom. The molecule has 138 valence electrons. The third-order valence-corrected chi connectivity index (χ3v) is 4.20. The summed E-state index contributed by atoms with van der Waals surface area (Å²) < 4.78 is 5.62. The van der Waals surface area contributed by atoms with Gasteiger partial charge in [0.25, 0.3) is 5.91 Å². The second-order valence-electron chi connectivity index (χ2n) is 6.89. The van der Waals surface area contributed by atoms with Crippen LogP contribution in [0, 0.1) is 6.92 Å². The summed E-state index contributed by atoms with van der Waals surface area (Å²) in [6.45, 7) is 7.74. The standard InChI is InChI=1S/C20H26N4O2/c1-14(2)26-17-9-7-16(8-10-17)22-19(25)18-13-15(3)21-20(23-18)24-11-5-4-6-12-24/h7-10,13-14H,4-6,11-12H2,1-3H3,(H,22,25). The fourth-order valence-electron chi connectivity index (χ4n) is 2.99. The van der Waals surface area contributed by atoms with Crippen molar-refractivity contribution in [3.05, 3.63) is 41.7 Å². The number of carbonyl (C=O) groups excluding carboxylic acids is 1. The van der Waals surface area contributed by atoms with E-state index in [1.165, 1.54) is 6.42 Å². The molecule has 26 heavy (non-hydrogen) atoms. The molecule has 3 rings (SSSR count). The van der Waals surface area contributed by atoms with Crippen LogP contribution in [0.15, 0.2) is 30.3 Å². The van der Waals surface area contributed by atoms with Crippen LogP contribution >= 0.6 is 0 Å². The normalized spacial score (nSPS) is 14.4. The van der Waals surface area contributed by atoms with Crippen molar-refractivity contribution in [3.8, 4) is 5.75 Å². The van der Waals surface area contributed by atoms with Crippen LogP contribution in [-0.4, -0.2) is 35.1 Å². The number of hydrogen-bond acceptors (Lipinski definition) is 5. The second-order valence-corrected chi connectivity index (χ2v) is 6.89. The molecular weight excluding hydrogens is 328 g/mol. The fourth-order valence-corrected chi connectivity index (χ4v) is 2.99. The van der Waals surface area contributed by atoms with Crippen LogP contribution in [0.4, 0.5) is 11.6 Å². The molecule has 2 heterocycles. The average Bonchev–Trinajstić information content (AvgIpc) is 2.63. The topological polar surface area (TPSA) is 67.3 Å². The van der Waals surface area contributed by atoms with Gasteiger partial charge in [-0.3, -0.25) is 4.79 Å². The number of rotatable bonds is 5. The third-order valence-electron chi connectivity index (χ3n) is 4.20. The lowest BCUT2D eigenvalue weighted by molar-refractivity contribution is 0.102. The first kappa shape index (κ1) is 18.2. The summed E-state index contributed by atoms with van der Waals surface area (Å²) in [7, 11) is 0. The number of nitrogens with one attached hydrogen (secondary N) is 1. The molecule has 0 radical (unpaired) electrons. The maximum atomic E-state index is 12.6. The highest BCUT2D eigenvalue weighted by molar-refractivity contribution is 6.03. The van der Waals surface area contributed by atoms with E-state index in [1.54, 1.807) is 6.07 Å². The van der Waals surface area contributed by atoms with E-state index in [-0.39, 0.29) is 12.0 Å². The zero-order valence-electron chi connectivity index (χ0n) is 15.7. The highest BCUT2D eigenvalue weighted by Crippen LogP contribution is 2.19. The SMILES string of the molecule is Cc1cc(C(=O)Nc2ccc(OC(C)C)cc2)nc(N2CCCCC2)n1. The van der Waals surface area contributed by atoms with Crippen molar-refractivity contribution in [1.29, 1.82) is 0 Å². The average molecular weight is 354 g/mol. The zero-order chi connectivity index (χ0) is 18.5. The maximum Gasteiger partial charge on any atom is 0.274 e. The highest BCUT2D eigenvalue weighted by atomic mass is 16.5. The smallest absolute Gasteiger partial charge is 0.274 e. The van der Waals surface area contributed by atoms with Crippen LogP contribution < -0.4 is 15.0 Å². The molecule has 0 spiro atoms. The predicted octanol–water partition coefficient (Wildman–Crippen LogP) is 3.81. The third kappa shape index (κ3) is 4.71. The fraction of sp³-hybridized carbons (Fsp3) is 0.450. The van der Waals surface area contributed by atoms with E-state index in [9.17, 15) is 4.79 Å². The number of aryl methyl sites for hydroxylation is 1. The van der Waals surface area contributed by atoms with Crippen LogP contribution in [0.3, 0.4) is 0 Å². The Bertz CT molecular complexity index is 753. The molecule has 1 aliphatic heterocycles. The van der Waals surface area contributed by atoms with Gasteiger partial charge in [0.05, 0.1) is 6.10 Å². The number of anilines is 2. The van der Waals surface area contributed by atoms with E-state index >= 15 is 0 Å². The van der Waals surface area contributed by atoms with Crippen LogP contribution in [0.2, 0.25) is 0 Å². The number of amides is 1. The molecule has 1 amide bonds. The van der Waals surface area contributed by atoms with E-state index in [0.29, 0.717) is 17.3 Å². The van der Waals surface area contributed by atoms with Crippen molar-refractivity contribution in [2.75, 3.05) is 23.3 Å². The quantitative estimate of drug-likeness (QED) is 0.884. The molecule has 0 aliphatic carbocycles. The summed E-state index contributed by atoms with van der Waals surface area (Å²) in [5.74, 6) is 1.20. The lowest BCUT2D eigenvalue weighted by Crippen LogP contribution is -2.31. The molecule has 0 saturated carbocycles. The number of benzene rings is 1. The zero-order valence-corrected chi connectivity index (χ0v) is 15.7. The maximum absolute atomic E-state index is 12.6. The second kappa shape index (κ2) is 8.17. The van der Waals surface area contributed by atoms with E-state index in [2.05, 4.69) is 20.2 Å². The first-order chi connectivity index (χ1) is 12.5. The monoisotopic (exact) mass is 354 g/mol. The molecule has 6 nitrogen and oxygen atoms in total. The van der Waals surface area contributed by atoms with Crippen LogP contribution in [0.25, 0.3) is 0 Å². The van der Waals surface area contributed by atoms with Gasteiger partial charge in [-0.05, 0) is 70.4 Å². The number of nitrogens with zero attached hydrogens (tertiary/aromatic N) is 3. The summed E-state index contributed by atoms with van der Waals surface area (Å²) in [6.07, 6.45) is 3.65.